The third kappa shape index (κ3) is 5.83. The standard InChI is InChI=1S/C19H32N6O2S/c20-10-17-13-28-14-24(17)19(27)12-25(21)16-6-8-23(9-7-16)11-18(26)22-15-4-2-1-3-5-15/h15-17H,1-9,11-14,21H2,(H,22,26)/t17-/m1/s1. The smallest absolute Gasteiger partial charge is 0.239 e. The van der Waals surface area contributed by atoms with E-state index in [1.807, 2.05) is 0 Å². The van der Waals surface area contributed by atoms with Gasteiger partial charge in [0.2, 0.25) is 11.8 Å². The van der Waals surface area contributed by atoms with E-state index in [0.717, 1.165) is 38.8 Å². The lowest BCUT2D eigenvalue weighted by molar-refractivity contribution is -0.132. The summed E-state index contributed by atoms with van der Waals surface area (Å²) in [6.07, 6.45) is 7.61. The van der Waals surface area contributed by atoms with E-state index in [9.17, 15) is 9.59 Å². The summed E-state index contributed by atoms with van der Waals surface area (Å²) in [5.41, 5.74) is 0. The topological polar surface area (TPSA) is 106 Å². The van der Waals surface area contributed by atoms with Crippen LogP contribution in [0.4, 0.5) is 0 Å². The number of carbonyl (C=O) groups is 2. The molecule has 28 heavy (non-hydrogen) atoms. The minimum atomic E-state index is -0.338. The van der Waals surface area contributed by atoms with E-state index >= 15 is 0 Å². The van der Waals surface area contributed by atoms with Crippen molar-refractivity contribution in [1.82, 2.24) is 20.1 Å². The SMILES string of the molecule is N#C[C@@H]1CSCN1C(=O)CN(N)C1CCN(CC(=O)NC2CCCCC2)CC1. The van der Waals surface area contributed by atoms with Crippen molar-refractivity contribution < 1.29 is 9.59 Å². The molecule has 0 bridgehead atoms. The van der Waals surface area contributed by atoms with Crippen LogP contribution in [0, 0.1) is 11.3 Å². The number of hydrogen-bond acceptors (Lipinski definition) is 7. The average molecular weight is 409 g/mol. The third-order valence-corrected chi connectivity index (χ3v) is 7.05. The second-order valence-corrected chi connectivity index (χ2v) is 9.09. The molecule has 8 nitrogen and oxygen atoms in total. The Balaban J connectivity index is 1.36. The number of nitrogens with one attached hydrogen (secondary N) is 1. The first-order valence-electron chi connectivity index (χ1n) is 10.4. The van der Waals surface area contributed by atoms with Gasteiger partial charge in [0.15, 0.2) is 0 Å². The molecule has 9 heteroatoms. The van der Waals surface area contributed by atoms with Crippen molar-refractivity contribution in [2.24, 2.45) is 5.84 Å². The summed E-state index contributed by atoms with van der Waals surface area (Å²) < 4.78 is 0. The Morgan fingerprint density at radius 1 is 1.18 bits per heavy atom. The highest BCUT2D eigenvalue weighted by Crippen LogP contribution is 2.21. The van der Waals surface area contributed by atoms with Gasteiger partial charge in [0, 0.05) is 30.9 Å². The van der Waals surface area contributed by atoms with Crippen LogP contribution in [0.25, 0.3) is 0 Å². The van der Waals surface area contributed by atoms with Crippen LogP contribution in [0.15, 0.2) is 0 Å². The number of hydrazine groups is 1. The first-order valence-corrected chi connectivity index (χ1v) is 11.5. The maximum absolute atomic E-state index is 12.4. The summed E-state index contributed by atoms with van der Waals surface area (Å²) in [5.74, 6) is 7.46. The molecule has 0 aromatic carbocycles. The second kappa shape index (κ2) is 10.4. The van der Waals surface area contributed by atoms with E-state index < -0.39 is 0 Å². The molecule has 3 fully saturated rings. The van der Waals surface area contributed by atoms with E-state index in [2.05, 4.69) is 16.3 Å². The number of carbonyl (C=O) groups excluding carboxylic acids is 2. The zero-order valence-corrected chi connectivity index (χ0v) is 17.3. The second-order valence-electron chi connectivity index (χ2n) is 8.09. The molecule has 0 radical (unpaired) electrons. The van der Waals surface area contributed by atoms with Gasteiger partial charge >= 0.3 is 0 Å². The van der Waals surface area contributed by atoms with Gasteiger partial charge in [0.05, 0.1) is 25.0 Å². The summed E-state index contributed by atoms with van der Waals surface area (Å²) in [5, 5.41) is 13.9. The molecule has 2 aliphatic heterocycles. The zero-order valence-electron chi connectivity index (χ0n) is 16.5. The summed E-state index contributed by atoms with van der Waals surface area (Å²) in [7, 11) is 0. The predicted octanol–water partition coefficient (Wildman–Crippen LogP) is 0.500. The lowest BCUT2D eigenvalue weighted by Crippen LogP contribution is -2.53. The molecular weight excluding hydrogens is 376 g/mol. The normalized spacial score (nSPS) is 25.0. The van der Waals surface area contributed by atoms with Crippen molar-refractivity contribution in [2.75, 3.05) is 37.8 Å². The molecule has 1 saturated carbocycles. The first kappa shape index (κ1) is 21.4. The molecule has 3 aliphatic rings. The summed E-state index contributed by atoms with van der Waals surface area (Å²) in [6.45, 7) is 2.21. The van der Waals surface area contributed by atoms with Gasteiger partial charge in [-0.3, -0.25) is 20.3 Å². The van der Waals surface area contributed by atoms with Crippen molar-refractivity contribution in [3.63, 3.8) is 0 Å². The monoisotopic (exact) mass is 408 g/mol. The predicted molar refractivity (Wildman–Crippen MR) is 109 cm³/mol. The van der Waals surface area contributed by atoms with Crippen LogP contribution >= 0.6 is 11.8 Å². The summed E-state index contributed by atoms with van der Waals surface area (Å²) in [4.78, 5) is 28.5. The van der Waals surface area contributed by atoms with Crippen LogP contribution in [-0.2, 0) is 9.59 Å². The van der Waals surface area contributed by atoms with Crippen LogP contribution in [0.2, 0.25) is 0 Å². The fourth-order valence-corrected chi connectivity index (χ4v) is 5.41. The van der Waals surface area contributed by atoms with E-state index in [1.54, 1.807) is 21.7 Å². The van der Waals surface area contributed by atoms with Crippen LogP contribution in [-0.4, -0.2) is 82.6 Å². The Bertz CT molecular complexity index is 583. The molecule has 0 unspecified atom stereocenters. The number of likely N-dealkylation sites (tertiary alicyclic amines) is 1. The van der Waals surface area contributed by atoms with Gasteiger partial charge in [0.25, 0.3) is 0 Å². The number of nitrogens with zero attached hydrogens (tertiary/aromatic N) is 4. The molecule has 1 aliphatic carbocycles. The molecule has 1 atom stereocenters. The van der Waals surface area contributed by atoms with Gasteiger partial charge < -0.3 is 10.2 Å². The fraction of sp³-hybridized carbons (Fsp3) is 0.842. The number of amides is 2. The largest absolute Gasteiger partial charge is 0.352 e. The molecule has 2 amide bonds. The molecule has 2 saturated heterocycles. The third-order valence-electron chi connectivity index (χ3n) is 6.03. The van der Waals surface area contributed by atoms with E-state index in [0.29, 0.717) is 24.2 Å². The van der Waals surface area contributed by atoms with Gasteiger partial charge in [-0.15, -0.1) is 11.8 Å². The Kier molecular flexibility index (Phi) is 7.97. The van der Waals surface area contributed by atoms with Crippen LogP contribution in [0.3, 0.4) is 0 Å². The fourth-order valence-electron chi connectivity index (χ4n) is 4.30. The van der Waals surface area contributed by atoms with E-state index in [4.69, 9.17) is 11.1 Å². The number of nitrogens with two attached hydrogens (primary N) is 1. The Morgan fingerprint density at radius 2 is 1.89 bits per heavy atom. The van der Waals surface area contributed by atoms with Gasteiger partial charge in [-0.1, -0.05) is 19.3 Å². The zero-order chi connectivity index (χ0) is 19.9. The molecule has 0 aromatic heterocycles. The number of piperidine rings is 1. The average Bonchev–Trinajstić information content (AvgIpc) is 3.18. The Hall–Kier alpha value is -1.34. The highest BCUT2D eigenvalue weighted by molar-refractivity contribution is 7.99. The van der Waals surface area contributed by atoms with Crippen molar-refractivity contribution in [2.45, 2.75) is 63.1 Å². The van der Waals surface area contributed by atoms with E-state index in [-0.39, 0.29) is 30.4 Å². The van der Waals surface area contributed by atoms with Gasteiger partial charge in [-0.25, -0.2) is 5.01 Å². The van der Waals surface area contributed by atoms with Crippen molar-refractivity contribution in [1.29, 1.82) is 5.26 Å². The van der Waals surface area contributed by atoms with Crippen LogP contribution < -0.4 is 11.2 Å². The molecule has 3 N–H and O–H groups in total. The highest BCUT2D eigenvalue weighted by atomic mass is 32.2. The Morgan fingerprint density at radius 3 is 2.57 bits per heavy atom. The first-order chi connectivity index (χ1) is 13.6. The van der Waals surface area contributed by atoms with Crippen molar-refractivity contribution in [3.8, 4) is 6.07 Å². The Labute approximate surface area is 171 Å². The van der Waals surface area contributed by atoms with Gasteiger partial charge in [0.1, 0.15) is 6.04 Å². The number of hydrogen-bond donors (Lipinski definition) is 2. The minimum absolute atomic E-state index is 0.0756. The summed E-state index contributed by atoms with van der Waals surface area (Å²) in [6, 6.07) is 2.33. The molecule has 156 valence electrons. The molecule has 3 rings (SSSR count). The van der Waals surface area contributed by atoms with E-state index in [1.165, 1.54) is 19.3 Å². The molecular formula is C19H32N6O2S. The van der Waals surface area contributed by atoms with Crippen molar-refractivity contribution >= 4 is 23.6 Å². The number of nitriles is 1. The highest BCUT2D eigenvalue weighted by Gasteiger charge is 2.32. The maximum atomic E-state index is 12.4. The van der Waals surface area contributed by atoms with Crippen LogP contribution in [0.1, 0.15) is 44.9 Å². The quantitative estimate of drug-likeness (QED) is 0.487. The molecule has 2 heterocycles. The maximum Gasteiger partial charge on any atom is 0.239 e. The minimum Gasteiger partial charge on any atom is -0.352 e. The lowest BCUT2D eigenvalue weighted by Gasteiger charge is -2.36. The number of thioether (sulfide) groups is 1. The number of rotatable bonds is 6. The lowest BCUT2D eigenvalue weighted by atomic mass is 9.95. The summed E-state index contributed by atoms with van der Waals surface area (Å²) >= 11 is 1.60. The van der Waals surface area contributed by atoms with Gasteiger partial charge in [-0.05, 0) is 25.7 Å². The molecule has 0 aromatic rings. The van der Waals surface area contributed by atoms with Crippen molar-refractivity contribution in [3.05, 3.63) is 0 Å². The van der Waals surface area contributed by atoms with Crippen LogP contribution in [0.5, 0.6) is 0 Å². The molecule has 0 spiro atoms. The van der Waals surface area contributed by atoms with Gasteiger partial charge in [-0.2, -0.15) is 5.26 Å².